The molecule has 0 saturated heterocycles. The van der Waals surface area contributed by atoms with E-state index in [2.05, 4.69) is 10.3 Å². The van der Waals surface area contributed by atoms with Crippen LogP contribution in [0.15, 0.2) is 53.4 Å². The number of carbonyl (C=O) groups excluding carboxylic acids is 1. The second-order valence-electron chi connectivity index (χ2n) is 4.87. The Morgan fingerprint density at radius 2 is 1.83 bits per heavy atom. The second kappa shape index (κ2) is 6.10. The molecular formula is C16H14N2O3S2. The Morgan fingerprint density at radius 3 is 2.48 bits per heavy atom. The highest BCUT2D eigenvalue weighted by atomic mass is 32.2. The van der Waals surface area contributed by atoms with Crippen molar-refractivity contribution in [3.63, 3.8) is 0 Å². The average Bonchev–Trinajstić information content (AvgIpc) is 2.97. The van der Waals surface area contributed by atoms with Gasteiger partial charge in [-0.15, -0.1) is 0 Å². The minimum absolute atomic E-state index is 0.0320. The highest BCUT2D eigenvalue weighted by Crippen LogP contribution is 2.25. The van der Waals surface area contributed by atoms with Crippen LogP contribution in [0.2, 0.25) is 0 Å². The first-order chi connectivity index (χ1) is 11.0. The van der Waals surface area contributed by atoms with Crippen molar-refractivity contribution in [1.29, 1.82) is 0 Å². The van der Waals surface area contributed by atoms with Crippen LogP contribution in [0, 0.1) is 0 Å². The van der Waals surface area contributed by atoms with E-state index in [9.17, 15) is 13.2 Å². The molecule has 1 heterocycles. The third kappa shape index (κ3) is 3.25. The van der Waals surface area contributed by atoms with Crippen LogP contribution >= 0.6 is 11.3 Å². The van der Waals surface area contributed by atoms with Crippen LogP contribution in [0.4, 0.5) is 5.13 Å². The van der Waals surface area contributed by atoms with Gasteiger partial charge in [-0.2, -0.15) is 0 Å². The fraction of sp³-hybridized carbons (Fsp3) is 0.125. The Morgan fingerprint density at radius 1 is 1.13 bits per heavy atom. The summed E-state index contributed by atoms with van der Waals surface area (Å²) < 4.78 is 24.5. The summed E-state index contributed by atoms with van der Waals surface area (Å²) in [5.41, 5.74) is 1.22. The molecule has 1 aromatic heterocycles. The quantitative estimate of drug-likeness (QED) is 0.786. The van der Waals surface area contributed by atoms with Crippen LogP contribution in [0.1, 0.15) is 17.3 Å². The minimum Gasteiger partial charge on any atom is -0.298 e. The summed E-state index contributed by atoms with van der Waals surface area (Å²) in [5.74, 6) is -0.283. The molecular weight excluding hydrogens is 332 g/mol. The number of anilines is 1. The Kier molecular flexibility index (Phi) is 4.14. The van der Waals surface area contributed by atoms with Crippen molar-refractivity contribution in [3.8, 4) is 0 Å². The zero-order valence-corrected chi connectivity index (χ0v) is 13.9. The maximum atomic E-state index is 12.2. The highest BCUT2D eigenvalue weighted by Gasteiger charge is 2.14. The van der Waals surface area contributed by atoms with Crippen LogP contribution in [0.5, 0.6) is 0 Å². The van der Waals surface area contributed by atoms with Crippen LogP contribution in [0.25, 0.3) is 10.2 Å². The van der Waals surface area contributed by atoms with Gasteiger partial charge in [0, 0.05) is 5.56 Å². The molecule has 1 N–H and O–H groups in total. The number of hydrogen-bond acceptors (Lipinski definition) is 5. The number of nitrogens with zero attached hydrogens (tertiary/aromatic N) is 1. The van der Waals surface area contributed by atoms with Gasteiger partial charge in [-0.1, -0.05) is 30.4 Å². The molecule has 1 amide bonds. The summed E-state index contributed by atoms with van der Waals surface area (Å²) in [7, 11) is -3.26. The zero-order chi connectivity index (χ0) is 16.4. The minimum atomic E-state index is -3.26. The van der Waals surface area contributed by atoms with E-state index in [1.807, 2.05) is 24.3 Å². The van der Waals surface area contributed by atoms with Crippen molar-refractivity contribution in [3.05, 3.63) is 54.1 Å². The monoisotopic (exact) mass is 346 g/mol. The molecule has 3 aromatic rings. The van der Waals surface area contributed by atoms with Crippen molar-refractivity contribution in [2.45, 2.75) is 11.8 Å². The summed E-state index contributed by atoms with van der Waals surface area (Å²) in [6, 6.07) is 13.5. The molecule has 0 saturated carbocycles. The van der Waals surface area contributed by atoms with Gasteiger partial charge < -0.3 is 0 Å². The first kappa shape index (κ1) is 15.6. The van der Waals surface area contributed by atoms with Gasteiger partial charge in [-0.3, -0.25) is 10.1 Å². The molecule has 3 rings (SSSR count). The molecule has 0 radical (unpaired) electrons. The third-order valence-electron chi connectivity index (χ3n) is 3.37. The van der Waals surface area contributed by atoms with E-state index in [1.54, 1.807) is 6.92 Å². The maximum absolute atomic E-state index is 12.2. The van der Waals surface area contributed by atoms with Crippen molar-refractivity contribution in [1.82, 2.24) is 4.98 Å². The first-order valence-corrected chi connectivity index (χ1v) is 9.46. The van der Waals surface area contributed by atoms with E-state index >= 15 is 0 Å². The van der Waals surface area contributed by atoms with Gasteiger partial charge >= 0.3 is 0 Å². The number of rotatable bonds is 4. The molecule has 0 bridgehead atoms. The predicted molar refractivity (Wildman–Crippen MR) is 91.7 cm³/mol. The van der Waals surface area contributed by atoms with Gasteiger partial charge in [0.2, 0.25) is 0 Å². The van der Waals surface area contributed by atoms with E-state index in [4.69, 9.17) is 0 Å². The second-order valence-corrected chi connectivity index (χ2v) is 8.18. The van der Waals surface area contributed by atoms with Crippen molar-refractivity contribution in [2.75, 3.05) is 11.1 Å². The molecule has 0 aliphatic rings. The Hall–Kier alpha value is -2.25. The highest BCUT2D eigenvalue weighted by molar-refractivity contribution is 7.91. The fourth-order valence-corrected chi connectivity index (χ4v) is 3.82. The number of para-hydroxylation sites is 1. The SMILES string of the molecule is CCS(=O)(=O)c1ccc(C(=O)Nc2nc3ccccc3s2)cc1. The average molecular weight is 346 g/mol. The van der Waals surface area contributed by atoms with Crippen LogP contribution < -0.4 is 5.32 Å². The number of fused-ring (bicyclic) bond motifs is 1. The molecule has 0 spiro atoms. The number of carbonyl (C=O) groups is 1. The van der Waals surface area contributed by atoms with E-state index in [-0.39, 0.29) is 16.6 Å². The topological polar surface area (TPSA) is 76.1 Å². The summed E-state index contributed by atoms with van der Waals surface area (Å²) in [6.45, 7) is 1.59. The Balaban J connectivity index is 1.80. The number of aromatic nitrogens is 1. The van der Waals surface area contributed by atoms with Gasteiger partial charge in [0.25, 0.3) is 5.91 Å². The number of thiazole rings is 1. The Bertz CT molecular complexity index is 927. The van der Waals surface area contributed by atoms with Crippen molar-refractivity contribution >= 4 is 42.4 Å². The number of amides is 1. The molecule has 0 unspecified atom stereocenters. The standard InChI is InChI=1S/C16H14N2O3S2/c1-2-23(20,21)12-9-7-11(8-10-12)15(19)18-16-17-13-5-3-4-6-14(13)22-16/h3-10H,2H2,1H3,(H,17,18,19). The normalized spacial score (nSPS) is 11.5. The van der Waals surface area contributed by atoms with Crippen LogP contribution in [-0.2, 0) is 9.84 Å². The number of hydrogen-bond donors (Lipinski definition) is 1. The molecule has 118 valence electrons. The molecule has 0 atom stereocenters. The van der Waals surface area contributed by atoms with E-state index in [0.29, 0.717) is 10.7 Å². The van der Waals surface area contributed by atoms with Crippen molar-refractivity contribution in [2.24, 2.45) is 0 Å². The number of sulfone groups is 1. The lowest BCUT2D eigenvalue weighted by Crippen LogP contribution is -2.12. The summed E-state index contributed by atoms with van der Waals surface area (Å²) in [4.78, 5) is 16.8. The zero-order valence-electron chi connectivity index (χ0n) is 12.3. The predicted octanol–water partition coefficient (Wildman–Crippen LogP) is 3.34. The van der Waals surface area contributed by atoms with E-state index in [1.165, 1.54) is 35.6 Å². The smallest absolute Gasteiger partial charge is 0.257 e. The van der Waals surface area contributed by atoms with Gasteiger partial charge in [0.05, 0.1) is 20.9 Å². The van der Waals surface area contributed by atoms with E-state index in [0.717, 1.165) is 10.2 Å². The summed E-state index contributed by atoms with van der Waals surface area (Å²) >= 11 is 1.39. The number of nitrogens with one attached hydrogen (secondary N) is 1. The third-order valence-corrected chi connectivity index (χ3v) is 6.07. The fourth-order valence-electron chi connectivity index (χ4n) is 2.08. The lowest BCUT2D eigenvalue weighted by molar-refractivity contribution is 0.102. The summed E-state index contributed by atoms with van der Waals surface area (Å²) in [6.07, 6.45) is 0. The molecule has 0 fully saturated rings. The molecule has 7 heteroatoms. The van der Waals surface area contributed by atoms with E-state index < -0.39 is 9.84 Å². The van der Waals surface area contributed by atoms with Gasteiger partial charge in [0.1, 0.15) is 0 Å². The van der Waals surface area contributed by atoms with Gasteiger partial charge in [-0.05, 0) is 36.4 Å². The van der Waals surface area contributed by atoms with Crippen LogP contribution in [0.3, 0.4) is 0 Å². The lowest BCUT2D eigenvalue weighted by Gasteiger charge is -2.04. The van der Waals surface area contributed by atoms with Crippen LogP contribution in [-0.4, -0.2) is 25.1 Å². The first-order valence-electron chi connectivity index (χ1n) is 6.99. The molecule has 23 heavy (non-hydrogen) atoms. The maximum Gasteiger partial charge on any atom is 0.257 e. The lowest BCUT2D eigenvalue weighted by atomic mass is 10.2. The van der Waals surface area contributed by atoms with Gasteiger partial charge in [-0.25, -0.2) is 13.4 Å². The molecule has 5 nitrogen and oxygen atoms in total. The Labute approximate surface area is 137 Å². The molecule has 0 aliphatic heterocycles. The largest absolute Gasteiger partial charge is 0.298 e. The van der Waals surface area contributed by atoms with Crippen molar-refractivity contribution < 1.29 is 13.2 Å². The van der Waals surface area contributed by atoms with Gasteiger partial charge in [0.15, 0.2) is 15.0 Å². The summed E-state index contributed by atoms with van der Waals surface area (Å²) in [5, 5.41) is 3.25. The molecule has 0 aliphatic carbocycles. The molecule has 2 aromatic carbocycles. The number of benzene rings is 2.